The van der Waals surface area contributed by atoms with E-state index in [1.54, 1.807) is 11.1 Å². The van der Waals surface area contributed by atoms with Crippen LogP contribution >= 0.6 is 0 Å². The van der Waals surface area contributed by atoms with Gasteiger partial charge in [-0.2, -0.15) is 0 Å². The highest BCUT2D eigenvalue weighted by Gasteiger charge is 2.42. The van der Waals surface area contributed by atoms with Gasteiger partial charge in [-0.05, 0) is 43.9 Å². The second-order valence-corrected chi connectivity index (χ2v) is 4.42. The van der Waals surface area contributed by atoms with Crippen molar-refractivity contribution in [1.82, 2.24) is 5.32 Å². The minimum absolute atomic E-state index is 0.390. The number of fused-ring (bicyclic) bond motifs is 2. The van der Waals surface area contributed by atoms with Crippen LogP contribution in [0.2, 0.25) is 0 Å². The maximum atomic E-state index is 3.60. The summed E-state index contributed by atoms with van der Waals surface area (Å²) in [7, 11) is 0. The molecule has 1 N–H and O–H groups in total. The second kappa shape index (κ2) is 2.36. The molecule has 1 aromatic rings. The lowest BCUT2D eigenvalue weighted by Crippen LogP contribution is -2.52. The number of hydrogen-bond donors (Lipinski definition) is 1. The Labute approximate surface area is 79.2 Å². The number of nitrogens with one attached hydrogen (secondary N) is 1. The molecule has 1 heteroatoms. The predicted octanol–water partition coefficient (Wildman–Crippen LogP) is 2.13. The van der Waals surface area contributed by atoms with Crippen LogP contribution in [-0.2, 0) is 12.0 Å². The second-order valence-electron chi connectivity index (χ2n) is 4.42. The van der Waals surface area contributed by atoms with E-state index in [9.17, 15) is 0 Å². The predicted molar refractivity (Wildman–Crippen MR) is 53.8 cm³/mol. The van der Waals surface area contributed by atoms with Crippen LogP contribution in [0.4, 0.5) is 0 Å². The summed E-state index contributed by atoms with van der Waals surface area (Å²) in [5.74, 6) is 0. The van der Waals surface area contributed by atoms with Crippen LogP contribution in [0.25, 0.3) is 0 Å². The van der Waals surface area contributed by atoms with E-state index in [2.05, 4.69) is 30.4 Å². The molecule has 0 saturated carbocycles. The first kappa shape index (κ1) is 7.57. The maximum Gasteiger partial charge on any atom is 0.0452 e. The Morgan fingerprint density at radius 3 is 2.85 bits per heavy atom. The molecule has 1 spiro atoms. The normalized spacial score (nSPS) is 30.2. The van der Waals surface area contributed by atoms with Gasteiger partial charge >= 0.3 is 0 Å². The average Bonchev–Trinajstić information content (AvgIpc) is 2.41. The molecular weight excluding hydrogens is 158 g/mol. The highest BCUT2D eigenvalue weighted by atomic mass is 15.1. The lowest BCUT2D eigenvalue weighted by Gasteiger charge is -2.41. The Morgan fingerprint density at radius 2 is 2.15 bits per heavy atom. The quantitative estimate of drug-likeness (QED) is 0.633. The Kier molecular flexibility index (Phi) is 1.37. The molecule has 0 aromatic heterocycles. The zero-order valence-corrected chi connectivity index (χ0v) is 8.06. The highest BCUT2D eigenvalue weighted by Crippen LogP contribution is 2.43. The van der Waals surface area contributed by atoms with E-state index in [1.165, 1.54) is 31.4 Å². The van der Waals surface area contributed by atoms with Crippen LogP contribution in [-0.4, -0.2) is 6.54 Å². The molecule has 1 nitrogen and oxygen atoms in total. The van der Waals surface area contributed by atoms with Gasteiger partial charge in [0.15, 0.2) is 0 Å². The van der Waals surface area contributed by atoms with E-state index >= 15 is 0 Å². The first-order valence-electron chi connectivity index (χ1n) is 5.15. The van der Waals surface area contributed by atoms with Gasteiger partial charge in [0.2, 0.25) is 0 Å². The summed E-state index contributed by atoms with van der Waals surface area (Å²) in [6.07, 6.45) is 3.91. The lowest BCUT2D eigenvalue weighted by molar-refractivity contribution is 0.210. The van der Waals surface area contributed by atoms with E-state index in [-0.39, 0.29) is 0 Å². The van der Waals surface area contributed by atoms with Gasteiger partial charge in [-0.3, -0.25) is 0 Å². The van der Waals surface area contributed by atoms with Crippen molar-refractivity contribution < 1.29 is 0 Å². The van der Waals surface area contributed by atoms with Gasteiger partial charge in [0.25, 0.3) is 0 Å². The number of aryl methyl sites for hydroxylation is 2. The minimum atomic E-state index is 0.390. The van der Waals surface area contributed by atoms with E-state index in [1.807, 2.05) is 0 Å². The van der Waals surface area contributed by atoms with Gasteiger partial charge in [-0.15, -0.1) is 0 Å². The van der Waals surface area contributed by atoms with Crippen molar-refractivity contribution in [2.24, 2.45) is 0 Å². The molecule has 0 radical (unpaired) electrons. The van der Waals surface area contributed by atoms with Crippen molar-refractivity contribution in [3.8, 4) is 0 Å². The number of benzene rings is 1. The lowest BCUT2D eigenvalue weighted by atomic mass is 9.82. The summed E-state index contributed by atoms with van der Waals surface area (Å²) in [6.45, 7) is 3.39. The molecule has 13 heavy (non-hydrogen) atoms. The maximum absolute atomic E-state index is 3.60. The summed E-state index contributed by atoms with van der Waals surface area (Å²) < 4.78 is 0. The molecule has 0 unspecified atom stereocenters. The van der Waals surface area contributed by atoms with Crippen molar-refractivity contribution in [2.45, 2.75) is 31.7 Å². The fraction of sp³-hybridized carbons (Fsp3) is 0.500. The highest BCUT2D eigenvalue weighted by molar-refractivity contribution is 5.42. The van der Waals surface area contributed by atoms with Crippen molar-refractivity contribution in [2.75, 3.05) is 6.54 Å². The summed E-state index contributed by atoms with van der Waals surface area (Å²) in [4.78, 5) is 0. The van der Waals surface area contributed by atoms with Gasteiger partial charge in [0, 0.05) is 5.54 Å². The summed E-state index contributed by atoms with van der Waals surface area (Å²) in [6, 6.07) is 6.91. The third-order valence-electron chi connectivity index (χ3n) is 3.62. The van der Waals surface area contributed by atoms with Gasteiger partial charge < -0.3 is 5.32 Å². The molecule has 3 rings (SSSR count). The molecule has 2 aliphatic rings. The zero-order chi connectivity index (χ0) is 8.89. The molecule has 68 valence electrons. The molecule has 1 saturated heterocycles. The molecule has 1 aromatic carbocycles. The van der Waals surface area contributed by atoms with Gasteiger partial charge in [0.05, 0.1) is 0 Å². The van der Waals surface area contributed by atoms with Gasteiger partial charge in [-0.25, -0.2) is 0 Å². The largest absolute Gasteiger partial charge is 0.307 e. The average molecular weight is 173 g/mol. The molecule has 0 bridgehead atoms. The summed E-state index contributed by atoms with van der Waals surface area (Å²) >= 11 is 0. The molecular formula is C12H15N. The van der Waals surface area contributed by atoms with Crippen molar-refractivity contribution in [3.63, 3.8) is 0 Å². The molecule has 1 aliphatic heterocycles. The Balaban J connectivity index is 2.14. The fourth-order valence-electron chi connectivity index (χ4n) is 2.71. The van der Waals surface area contributed by atoms with Crippen molar-refractivity contribution >= 4 is 0 Å². The standard InChI is InChI=1S/C12H15N/c1-9-2-3-10-4-5-12(6-7-13-12)11(10)8-9/h2-3,8,13H,4-7H2,1H3/t12-/m1/s1. The molecule has 1 aliphatic carbocycles. The van der Waals surface area contributed by atoms with Crippen LogP contribution in [0, 0.1) is 6.92 Å². The zero-order valence-electron chi connectivity index (χ0n) is 8.06. The van der Waals surface area contributed by atoms with Crippen LogP contribution in [0.15, 0.2) is 18.2 Å². The molecule has 1 fully saturated rings. The van der Waals surface area contributed by atoms with Crippen LogP contribution < -0.4 is 5.32 Å². The topological polar surface area (TPSA) is 12.0 Å². The minimum Gasteiger partial charge on any atom is -0.307 e. The van der Waals surface area contributed by atoms with Crippen molar-refractivity contribution in [3.05, 3.63) is 34.9 Å². The van der Waals surface area contributed by atoms with E-state index in [4.69, 9.17) is 0 Å². The summed E-state index contributed by atoms with van der Waals surface area (Å²) in [5.41, 5.74) is 4.94. The smallest absolute Gasteiger partial charge is 0.0452 e. The number of rotatable bonds is 0. The monoisotopic (exact) mass is 173 g/mol. The van der Waals surface area contributed by atoms with Crippen LogP contribution in [0.5, 0.6) is 0 Å². The van der Waals surface area contributed by atoms with E-state index in [0.29, 0.717) is 5.54 Å². The first-order valence-corrected chi connectivity index (χ1v) is 5.15. The van der Waals surface area contributed by atoms with Crippen LogP contribution in [0.3, 0.4) is 0 Å². The van der Waals surface area contributed by atoms with E-state index in [0.717, 1.165) is 0 Å². The van der Waals surface area contributed by atoms with Crippen molar-refractivity contribution in [1.29, 1.82) is 0 Å². The Bertz CT molecular complexity index is 350. The third-order valence-corrected chi connectivity index (χ3v) is 3.62. The molecule has 1 heterocycles. The summed E-state index contributed by atoms with van der Waals surface area (Å²) in [5, 5.41) is 3.60. The SMILES string of the molecule is Cc1ccc2c(c1)[C@]1(CCN1)CC2. The van der Waals surface area contributed by atoms with Gasteiger partial charge in [-0.1, -0.05) is 23.8 Å². The molecule has 0 amide bonds. The van der Waals surface area contributed by atoms with Gasteiger partial charge in [0.1, 0.15) is 0 Å². The van der Waals surface area contributed by atoms with Crippen LogP contribution in [0.1, 0.15) is 29.5 Å². The fourth-order valence-corrected chi connectivity index (χ4v) is 2.71. The Morgan fingerprint density at radius 1 is 1.31 bits per heavy atom. The first-order chi connectivity index (χ1) is 6.30. The molecule has 1 atom stereocenters. The third kappa shape index (κ3) is 0.910. The number of hydrogen-bond acceptors (Lipinski definition) is 1. The van der Waals surface area contributed by atoms with E-state index < -0.39 is 0 Å². The Hall–Kier alpha value is -0.820.